The van der Waals surface area contributed by atoms with Crippen molar-refractivity contribution >= 4 is 41.5 Å². The molecule has 9 heteroatoms. The molecule has 1 amide bonds. The largest absolute Gasteiger partial charge is 0.365 e. The molecule has 3 N–H and O–H groups in total. The van der Waals surface area contributed by atoms with Crippen LogP contribution in [-0.2, 0) is 6.54 Å². The van der Waals surface area contributed by atoms with E-state index in [4.69, 9.17) is 0 Å². The van der Waals surface area contributed by atoms with Gasteiger partial charge < -0.3 is 20.9 Å². The smallest absolute Gasteiger partial charge is 0.251 e. The van der Waals surface area contributed by atoms with E-state index < -0.39 is 11.6 Å². The predicted molar refractivity (Wildman–Crippen MR) is 135 cm³/mol. The molecular formula is C23H30F2IN5O. The highest BCUT2D eigenvalue weighted by Gasteiger charge is 2.27. The minimum Gasteiger partial charge on any atom is -0.365 e. The zero-order chi connectivity index (χ0) is 22.2. The van der Waals surface area contributed by atoms with Crippen molar-refractivity contribution in [1.82, 2.24) is 16.0 Å². The van der Waals surface area contributed by atoms with Crippen LogP contribution < -0.4 is 20.9 Å². The van der Waals surface area contributed by atoms with Crippen molar-refractivity contribution in [3.63, 3.8) is 0 Å². The highest BCUT2D eigenvalue weighted by Crippen LogP contribution is 2.26. The van der Waals surface area contributed by atoms with Crippen LogP contribution in [0.2, 0.25) is 0 Å². The molecular weight excluding hydrogens is 527 g/mol. The zero-order valence-corrected chi connectivity index (χ0v) is 20.7. The quantitative estimate of drug-likeness (QED) is 0.276. The van der Waals surface area contributed by atoms with Crippen LogP contribution in [0.4, 0.5) is 14.5 Å². The molecule has 1 heterocycles. The molecule has 2 aromatic carbocycles. The highest BCUT2D eigenvalue weighted by atomic mass is 127. The van der Waals surface area contributed by atoms with Crippen LogP contribution in [0.25, 0.3) is 0 Å². The first-order valence-electron chi connectivity index (χ1n) is 10.6. The Morgan fingerprint density at radius 3 is 2.47 bits per heavy atom. The molecule has 1 atom stereocenters. The standard InChI is InChI=1S/C23H29F2N5O.HI/c1-3-26-22(31)17-8-5-7-16(13-17)14-28-23(27-4-2)29-18-11-12-30(15-18)21-19(24)9-6-10-20(21)25;/h5-10,13,18H,3-4,11-12,14-15H2,1-2H3,(H,26,31)(H2,27,28,29);1H. The normalized spacial score (nSPS) is 15.8. The number of nitrogens with zero attached hydrogens (tertiary/aromatic N) is 2. The maximum absolute atomic E-state index is 14.1. The summed E-state index contributed by atoms with van der Waals surface area (Å²) in [6.45, 7) is 6.56. The number of halogens is 3. The van der Waals surface area contributed by atoms with Crippen LogP contribution in [0, 0.1) is 11.6 Å². The second kappa shape index (κ2) is 12.6. The molecule has 32 heavy (non-hydrogen) atoms. The summed E-state index contributed by atoms with van der Waals surface area (Å²) in [6, 6.07) is 11.3. The number of aliphatic imine (C=N–C) groups is 1. The minimum absolute atomic E-state index is 0. The van der Waals surface area contributed by atoms with Gasteiger partial charge in [0.2, 0.25) is 0 Å². The summed E-state index contributed by atoms with van der Waals surface area (Å²) in [7, 11) is 0. The molecule has 3 rings (SSSR count). The fraction of sp³-hybridized carbons (Fsp3) is 0.391. The van der Waals surface area contributed by atoms with Gasteiger partial charge in [-0.25, -0.2) is 13.8 Å². The predicted octanol–water partition coefficient (Wildman–Crippen LogP) is 3.67. The summed E-state index contributed by atoms with van der Waals surface area (Å²) in [6.07, 6.45) is 0.741. The van der Waals surface area contributed by atoms with E-state index in [-0.39, 0.29) is 41.6 Å². The van der Waals surface area contributed by atoms with E-state index in [0.29, 0.717) is 44.2 Å². The Balaban J connectivity index is 0.00000363. The Morgan fingerprint density at radius 2 is 1.78 bits per heavy atom. The molecule has 6 nitrogen and oxygen atoms in total. The number of carbonyl (C=O) groups excluding carboxylic acids is 1. The number of nitrogens with one attached hydrogen (secondary N) is 3. The molecule has 0 aromatic heterocycles. The van der Waals surface area contributed by atoms with E-state index in [0.717, 1.165) is 12.0 Å². The topological polar surface area (TPSA) is 68.8 Å². The fourth-order valence-electron chi connectivity index (χ4n) is 3.63. The van der Waals surface area contributed by atoms with Crippen molar-refractivity contribution in [2.75, 3.05) is 31.1 Å². The zero-order valence-electron chi connectivity index (χ0n) is 18.3. The van der Waals surface area contributed by atoms with E-state index in [1.807, 2.05) is 32.0 Å². The van der Waals surface area contributed by atoms with Gasteiger partial charge in [-0.05, 0) is 50.1 Å². The third-order valence-corrected chi connectivity index (χ3v) is 5.07. The monoisotopic (exact) mass is 557 g/mol. The average Bonchev–Trinajstić information content (AvgIpc) is 3.20. The molecule has 0 radical (unpaired) electrons. The highest BCUT2D eigenvalue weighted by molar-refractivity contribution is 14.0. The van der Waals surface area contributed by atoms with Crippen LogP contribution in [0.3, 0.4) is 0 Å². The summed E-state index contributed by atoms with van der Waals surface area (Å²) in [4.78, 5) is 18.4. The number of hydrogen-bond donors (Lipinski definition) is 3. The Kier molecular flexibility index (Phi) is 10.1. The number of anilines is 1. The van der Waals surface area contributed by atoms with E-state index in [1.165, 1.54) is 18.2 Å². The summed E-state index contributed by atoms with van der Waals surface area (Å²) in [5.41, 5.74) is 1.55. The van der Waals surface area contributed by atoms with Gasteiger partial charge >= 0.3 is 0 Å². The molecule has 1 saturated heterocycles. The number of rotatable bonds is 7. The Labute approximate surface area is 204 Å². The van der Waals surface area contributed by atoms with Crippen LogP contribution in [0.1, 0.15) is 36.2 Å². The van der Waals surface area contributed by atoms with Crippen LogP contribution in [0.15, 0.2) is 47.5 Å². The van der Waals surface area contributed by atoms with Crippen molar-refractivity contribution in [3.8, 4) is 0 Å². The summed E-state index contributed by atoms with van der Waals surface area (Å²) in [5.74, 6) is -0.571. The van der Waals surface area contributed by atoms with E-state index in [1.54, 1.807) is 11.0 Å². The first-order chi connectivity index (χ1) is 15.0. The molecule has 1 fully saturated rings. The molecule has 174 valence electrons. The lowest BCUT2D eigenvalue weighted by molar-refractivity contribution is 0.0955. The van der Waals surface area contributed by atoms with Gasteiger partial charge in [-0.2, -0.15) is 0 Å². The van der Waals surface area contributed by atoms with Crippen molar-refractivity contribution < 1.29 is 13.6 Å². The van der Waals surface area contributed by atoms with Crippen molar-refractivity contribution in [2.24, 2.45) is 4.99 Å². The van der Waals surface area contributed by atoms with Gasteiger partial charge in [-0.15, -0.1) is 24.0 Å². The third kappa shape index (κ3) is 6.78. The Morgan fingerprint density at radius 1 is 1.09 bits per heavy atom. The molecule has 1 aliphatic heterocycles. The number of para-hydroxylation sites is 1. The second-order valence-electron chi connectivity index (χ2n) is 7.40. The summed E-state index contributed by atoms with van der Waals surface area (Å²) >= 11 is 0. The molecule has 1 unspecified atom stereocenters. The third-order valence-electron chi connectivity index (χ3n) is 5.07. The fourth-order valence-corrected chi connectivity index (χ4v) is 3.63. The molecule has 0 saturated carbocycles. The maximum Gasteiger partial charge on any atom is 0.251 e. The van der Waals surface area contributed by atoms with Gasteiger partial charge in [0.05, 0.1) is 6.54 Å². The van der Waals surface area contributed by atoms with Gasteiger partial charge in [-0.3, -0.25) is 4.79 Å². The van der Waals surface area contributed by atoms with Crippen molar-refractivity contribution in [2.45, 2.75) is 32.9 Å². The lowest BCUT2D eigenvalue weighted by atomic mass is 10.1. The first kappa shape index (κ1) is 25.8. The van der Waals surface area contributed by atoms with Crippen LogP contribution in [-0.4, -0.2) is 44.1 Å². The molecule has 0 aliphatic carbocycles. The maximum atomic E-state index is 14.1. The van der Waals surface area contributed by atoms with Crippen molar-refractivity contribution in [1.29, 1.82) is 0 Å². The van der Waals surface area contributed by atoms with E-state index >= 15 is 0 Å². The number of carbonyl (C=O) groups is 1. The molecule has 1 aliphatic rings. The van der Waals surface area contributed by atoms with Gasteiger partial charge in [0, 0.05) is 37.8 Å². The Hall–Kier alpha value is -2.43. The van der Waals surface area contributed by atoms with Gasteiger partial charge in [0.25, 0.3) is 5.91 Å². The number of guanidine groups is 1. The first-order valence-corrected chi connectivity index (χ1v) is 10.6. The summed E-state index contributed by atoms with van der Waals surface area (Å²) in [5, 5.41) is 9.35. The molecule has 0 spiro atoms. The average molecular weight is 557 g/mol. The lowest BCUT2D eigenvalue weighted by Crippen LogP contribution is -2.44. The van der Waals surface area contributed by atoms with Gasteiger partial charge in [0.15, 0.2) is 5.96 Å². The molecule has 0 bridgehead atoms. The number of hydrogen-bond acceptors (Lipinski definition) is 3. The Bertz CT molecular complexity index is 920. The lowest BCUT2D eigenvalue weighted by Gasteiger charge is -2.21. The van der Waals surface area contributed by atoms with Gasteiger partial charge in [0.1, 0.15) is 17.3 Å². The number of benzene rings is 2. The van der Waals surface area contributed by atoms with Gasteiger partial charge in [-0.1, -0.05) is 18.2 Å². The van der Waals surface area contributed by atoms with Crippen molar-refractivity contribution in [3.05, 3.63) is 65.2 Å². The summed E-state index contributed by atoms with van der Waals surface area (Å²) < 4.78 is 28.2. The van der Waals surface area contributed by atoms with E-state index in [2.05, 4.69) is 20.9 Å². The second-order valence-corrected chi connectivity index (χ2v) is 7.40. The van der Waals surface area contributed by atoms with E-state index in [9.17, 15) is 13.6 Å². The SMILES string of the molecule is CCNC(=O)c1cccc(CN=C(NCC)NC2CCN(c3c(F)cccc3F)C2)c1.I. The minimum atomic E-state index is -0.548. The molecule has 2 aromatic rings. The van der Waals surface area contributed by atoms with Crippen LogP contribution >= 0.6 is 24.0 Å². The number of amides is 1. The van der Waals surface area contributed by atoms with Crippen LogP contribution in [0.5, 0.6) is 0 Å².